The van der Waals surface area contributed by atoms with Gasteiger partial charge in [0.1, 0.15) is 6.10 Å². The molecule has 4 unspecified atom stereocenters. The van der Waals surface area contributed by atoms with E-state index < -0.39 is 23.8 Å². The number of hydrogen-bond donors (Lipinski definition) is 2. The molecule has 1 amide bonds. The number of carbonyl (C=O) groups is 3. The Kier molecular flexibility index (Phi) is 7.72. The van der Waals surface area contributed by atoms with Crippen LogP contribution >= 0.6 is 0 Å². The van der Waals surface area contributed by atoms with Gasteiger partial charge in [-0.25, -0.2) is 4.89 Å². The molecule has 1 saturated carbocycles. The lowest BCUT2D eigenvalue weighted by Crippen LogP contribution is -2.45. The van der Waals surface area contributed by atoms with Crippen molar-refractivity contribution >= 4 is 17.5 Å². The quantitative estimate of drug-likeness (QED) is 0.449. The van der Waals surface area contributed by atoms with Gasteiger partial charge >= 0.3 is 0 Å². The maximum absolute atomic E-state index is 11.4. The van der Waals surface area contributed by atoms with Crippen molar-refractivity contribution in [1.29, 1.82) is 0 Å². The summed E-state index contributed by atoms with van der Waals surface area (Å²) in [4.78, 5) is 38.6. The summed E-state index contributed by atoms with van der Waals surface area (Å²) in [5, 5.41) is 9.09. The van der Waals surface area contributed by atoms with E-state index in [4.69, 9.17) is 11.0 Å². The first-order valence-corrected chi connectivity index (χ1v) is 10.4. The van der Waals surface area contributed by atoms with Crippen molar-refractivity contribution in [2.24, 2.45) is 41.2 Å². The average Bonchev–Trinajstić information content (AvgIpc) is 2.89. The van der Waals surface area contributed by atoms with Crippen molar-refractivity contribution in [3.63, 3.8) is 0 Å². The van der Waals surface area contributed by atoms with Gasteiger partial charge in [-0.3, -0.25) is 19.6 Å². The number of primary amides is 1. The van der Waals surface area contributed by atoms with Crippen LogP contribution in [-0.4, -0.2) is 28.8 Å². The number of Topliss-reactive ketones (excluding diaryl/α,β-unsaturated/α-hetero) is 2. The highest BCUT2D eigenvalue weighted by Crippen LogP contribution is 2.42. The minimum Gasteiger partial charge on any atom is -0.369 e. The highest BCUT2D eigenvalue weighted by molar-refractivity contribution is 6.26. The molecule has 1 aromatic rings. The predicted octanol–water partition coefficient (Wildman–Crippen LogP) is 3.99. The maximum Gasteiger partial charge on any atom is 0.223 e. The first-order chi connectivity index (χ1) is 13.6. The van der Waals surface area contributed by atoms with E-state index in [1.54, 1.807) is 38.1 Å². The highest BCUT2D eigenvalue weighted by Gasteiger charge is 2.41. The predicted molar refractivity (Wildman–Crippen MR) is 110 cm³/mol. The Balaban J connectivity index is 0.000000218. The Morgan fingerprint density at radius 1 is 1.03 bits per heavy atom. The number of amides is 1. The van der Waals surface area contributed by atoms with Crippen molar-refractivity contribution in [2.75, 3.05) is 0 Å². The molecule has 0 aliphatic heterocycles. The molecular weight excluding hydrogens is 370 g/mol. The summed E-state index contributed by atoms with van der Waals surface area (Å²) >= 11 is 0. The van der Waals surface area contributed by atoms with Crippen LogP contribution in [0.3, 0.4) is 0 Å². The van der Waals surface area contributed by atoms with Crippen molar-refractivity contribution in [2.45, 2.75) is 53.6 Å². The maximum atomic E-state index is 11.4. The van der Waals surface area contributed by atoms with Crippen molar-refractivity contribution in [1.82, 2.24) is 0 Å². The molecule has 0 heterocycles. The molecule has 4 atom stereocenters. The van der Waals surface area contributed by atoms with Gasteiger partial charge in [0.15, 0.2) is 11.6 Å². The van der Waals surface area contributed by atoms with Crippen molar-refractivity contribution in [3.05, 3.63) is 35.4 Å². The number of hydrogen-bond acceptors (Lipinski definition) is 5. The van der Waals surface area contributed by atoms with Gasteiger partial charge in [0, 0.05) is 11.1 Å². The number of nitrogens with two attached hydrogens (primary N) is 1. The van der Waals surface area contributed by atoms with Gasteiger partial charge < -0.3 is 5.73 Å². The minimum atomic E-state index is -0.481. The third kappa shape index (κ3) is 4.93. The molecule has 0 aromatic heterocycles. The van der Waals surface area contributed by atoms with Crippen molar-refractivity contribution < 1.29 is 24.5 Å². The normalized spacial score (nSPS) is 28.9. The van der Waals surface area contributed by atoms with Gasteiger partial charge in [-0.15, -0.1) is 0 Å². The molecule has 3 rings (SSSR count). The van der Waals surface area contributed by atoms with Crippen LogP contribution in [0.25, 0.3) is 0 Å². The zero-order valence-electron chi connectivity index (χ0n) is 17.9. The molecule has 0 radical (unpaired) electrons. The largest absolute Gasteiger partial charge is 0.369 e. The zero-order chi connectivity index (χ0) is 21.9. The second-order valence-corrected chi connectivity index (χ2v) is 8.87. The number of carbonyl (C=O) groups excluding carboxylic acids is 3. The highest BCUT2D eigenvalue weighted by atomic mass is 17.1. The van der Waals surface area contributed by atoms with Crippen LogP contribution in [0, 0.1) is 35.5 Å². The molecule has 0 saturated heterocycles. The molecule has 1 aromatic carbocycles. The molecule has 3 N–H and O–H groups in total. The Morgan fingerprint density at radius 3 is 1.86 bits per heavy atom. The Labute approximate surface area is 172 Å². The fourth-order valence-corrected chi connectivity index (χ4v) is 5.04. The van der Waals surface area contributed by atoms with Gasteiger partial charge in [-0.2, -0.15) is 0 Å². The second-order valence-electron chi connectivity index (χ2n) is 8.87. The Bertz CT molecular complexity index is 714. The molecule has 6 nitrogen and oxygen atoms in total. The van der Waals surface area contributed by atoms with Crippen LogP contribution in [-0.2, 0) is 9.68 Å². The molecule has 2 aliphatic rings. The molecular formula is C23H33NO5. The minimum absolute atomic E-state index is 0.0457. The summed E-state index contributed by atoms with van der Waals surface area (Å²) in [6.07, 6.45) is 1.74. The lowest BCUT2D eigenvalue weighted by Gasteiger charge is -2.42. The number of ketones is 2. The van der Waals surface area contributed by atoms with E-state index in [9.17, 15) is 14.4 Å². The lowest BCUT2D eigenvalue weighted by atomic mass is 9.65. The van der Waals surface area contributed by atoms with Crippen LogP contribution in [0.15, 0.2) is 24.3 Å². The summed E-state index contributed by atoms with van der Waals surface area (Å²) in [6, 6.07) is 6.97. The molecule has 0 bridgehead atoms. The standard InChI is InChI=1S/C13H25NO3.C10H8O2/c1-7-5-8(2)11(9(3)6-7)12(17-16)10(4)13(14)15;1-6-9(11)7-4-2-3-5-8(7)10(6)12/h7-12,16H,5-6H2,1-4H3,(H2,14,15);2-6H,1H3. The van der Waals surface area contributed by atoms with E-state index in [2.05, 4.69) is 25.7 Å². The van der Waals surface area contributed by atoms with Crippen LogP contribution < -0.4 is 5.73 Å². The summed E-state index contributed by atoms with van der Waals surface area (Å²) in [5.41, 5.74) is 6.46. The Hall–Kier alpha value is -2.05. The first kappa shape index (κ1) is 23.2. The fraction of sp³-hybridized carbons (Fsp3) is 0.609. The molecule has 29 heavy (non-hydrogen) atoms. The molecule has 6 heteroatoms. The van der Waals surface area contributed by atoms with E-state index in [1.807, 2.05) is 0 Å². The van der Waals surface area contributed by atoms with Gasteiger partial charge in [-0.05, 0) is 43.4 Å². The summed E-state index contributed by atoms with van der Waals surface area (Å²) in [5.74, 6) is 0.331. The van der Waals surface area contributed by atoms with Gasteiger partial charge in [0.2, 0.25) is 5.91 Å². The van der Waals surface area contributed by atoms with Gasteiger partial charge in [-0.1, -0.05) is 52.0 Å². The van der Waals surface area contributed by atoms with Crippen LogP contribution in [0.1, 0.15) is 68.2 Å². The van der Waals surface area contributed by atoms with Crippen LogP contribution in [0.5, 0.6) is 0 Å². The monoisotopic (exact) mass is 403 g/mol. The molecule has 0 spiro atoms. The second kappa shape index (κ2) is 9.63. The number of fused-ring (bicyclic) bond motifs is 1. The SMILES string of the molecule is CC1C(=O)c2ccccc2C1=O.CC1CC(C)C(C(OO)C(C)C(N)=O)C(C)C1. The third-order valence-corrected chi connectivity index (χ3v) is 6.55. The van der Waals surface area contributed by atoms with E-state index in [0.29, 0.717) is 28.9 Å². The molecule has 1 fully saturated rings. The summed E-state index contributed by atoms with van der Waals surface area (Å²) in [7, 11) is 0. The third-order valence-electron chi connectivity index (χ3n) is 6.55. The van der Waals surface area contributed by atoms with Crippen LogP contribution in [0.2, 0.25) is 0 Å². The fourth-order valence-electron chi connectivity index (χ4n) is 5.04. The van der Waals surface area contributed by atoms with E-state index in [1.165, 1.54) is 0 Å². The summed E-state index contributed by atoms with van der Waals surface area (Å²) in [6.45, 7) is 9.95. The van der Waals surface area contributed by atoms with Gasteiger partial charge in [0.05, 0.1) is 11.8 Å². The zero-order valence-corrected chi connectivity index (χ0v) is 17.9. The topological polar surface area (TPSA) is 107 Å². The van der Waals surface area contributed by atoms with E-state index in [-0.39, 0.29) is 17.5 Å². The van der Waals surface area contributed by atoms with Crippen molar-refractivity contribution in [3.8, 4) is 0 Å². The molecule has 160 valence electrons. The van der Waals surface area contributed by atoms with E-state index >= 15 is 0 Å². The Morgan fingerprint density at radius 2 is 1.48 bits per heavy atom. The van der Waals surface area contributed by atoms with Gasteiger partial charge in [0.25, 0.3) is 0 Å². The van der Waals surface area contributed by atoms with E-state index in [0.717, 1.165) is 12.8 Å². The summed E-state index contributed by atoms with van der Waals surface area (Å²) < 4.78 is 0. The number of benzene rings is 1. The first-order valence-electron chi connectivity index (χ1n) is 10.4. The van der Waals surface area contributed by atoms with Crippen LogP contribution in [0.4, 0.5) is 0 Å². The smallest absolute Gasteiger partial charge is 0.223 e. The lowest BCUT2D eigenvalue weighted by molar-refractivity contribution is -0.307. The average molecular weight is 404 g/mol. The number of rotatable bonds is 4. The molecule has 2 aliphatic carbocycles.